The van der Waals surface area contributed by atoms with E-state index in [1.807, 2.05) is 0 Å². The lowest BCUT2D eigenvalue weighted by Gasteiger charge is -1.94. The van der Waals surface area contributed by atoms with E-state index in [-0.39, 0.29) is 12.3 Å². The predicted molar refractivity (Wildman–Crippen MR) is 45.9 cm³/mol. The normalized spacial score (nSPS) is 10.2. The molecule has 1 aromatic heterocycles. The second-order valence-electron chi connectivity index (χ2n) is 2.62. The Morgan fingerprint density at radius 3 is 3.08 bits per heavy atom. The molecule has 12 heavy (non-hydrogen) atoms. The van der Waals surface area contributed by atoms with E-state index in [0.29, 0.717) is 5.56 Å². The van der Waals surface area contributed by atoms with Crippen LogP contribution in [0.5, 0.6) is 0 Å². The molecule has 0 aliphatic carbocycles. The third kappa shape index (κ3) is 1.92. The second kappa shape index (κ2) is 4.01. The van der Waals surface area contributed by atoms with Crippen molar-refractivity contribution in [2.24, 2.45) is 5.73 Å². The van der Waals surface area contributed by atoms with Gasteiger partial charge in [-0.1, -0.05) is 6.92 Å². The summed E-state index contributed by atoms with van der Waals surface area (Å²) < 4.78 is 1.75. The van der Waals surface area contributed by atoms with E-state index < -0.39 is 0 Å². The summed E-state index contributed by atoms with van der Waals surface area (Å²) in [6.45, 7) is 2.96. The molecule has 0 unspecified atom stereocenters. The highest BCUT2D eigenvalue weighted by molar-refractivity contribution is 5.96. The number of carbonyl (C=O) groups excluding carboxylic acids is 1. The number of nitrogens with zero attached hydrogens (tertiary/aromatic N) is 2. The van der Waals surface area contributed by atoms with E-state index in [9.17, 15) is 4.79 Å². The van der Waals surface area contributed by atoms with Crippen LogP contribution in [0.25, 0.3) is 0 Å². The summed E-state index contributed by atoms with van der Waals surface area (Å²) in [5, 5.41) is 4.02. The van der Waals surface area contributed by atoms with Crippen LogP contribution in [-0.2, 0) is 6.54 Å². The topological polar surface area (TPSA) is 60.9 Å². The quantitative estimate of drug-likeness (QED) is 0.662. The fourth-order valence-electron chi connectivity index (χ4n) is 0.977. The van der Waals surface area contributed by atoms with E-state index in [1.54, 1.807) is 17.1 Å². The Hall–Kier alpha value is -1.16. The van der Waals surface area contributed by atoms with Gasteiger partial charge in [0, 0.05) is 12.7 Å². The molecule has 0 atom stereocenters. The Balaban J connectivity index is 2.70. The molecule has 4 nitrogen and oxygen atoms in total. The summed E-state index contributed by atoms with van der Waals surface area (Å²) in [6, 6.07) is 0. The van der Waals surface area contributed by atoms with Gasteiger partial charge in [-0.3, -0.25) is 9.48 Å². The summed E-state index contributed by atoms with van der Waals surface area (Å²) in [5.74, 6) is -0.0580. The summed E-state index contributed by atoms with van der Waals surface area (Å²) in [6.07, 6.45) is 4.31. The number of ketones is 1. The highest BCUT2D eigenvalue weighted by Crippen LogP contribution is 1.98. The molecule has 2 N–H and O–H groups in total. The van der Waals surface area contributed by atoms with Crippen LogP contribution in [0.2, 0.25) is 0 Å². The van der Waals surface area contributed by atoms with Gasteiger partial charge in [-0.05, 0) is 6.42 Å². The van der Waals surface area contributed by atoms with Crippen LogP contribution in [0.4, 0.5) is 0 Å². The monoisotopic (exact) mass is 167 g/mol. The van der Waals surface area contributed by atoms with Gasteiger partial charge >= 0.3 is 0 Å². The number of aryl methyl sites for hydroxylation is 1. The number of rotatable bonds is 4. The maximum atomic E-state index is 11.1. The smallest absolute Gasteiger partial charge is 0.179 e. The first kappa shape index (κ1) is 8.93. The molecule has 0 amide bonds. The molecule has 0 aliphatic rings. The fraction of sp³-hybridized carbons (Fsp3) is 0.500. The fourth-order valence-corrected chi connectivity index (χ4v) is 0.977. The summed E-state index contributed by atoms with van der Waals surface area (Å²) >= 11 is 0. The zero-order chi connectivity index (χ0) is 8.97. The Morgan fingerprint density at radius 2 is 2.50 bits per heavy atom. The molecule has 1 heterocycles. The van der Waals surface area contributed by atoms with Gasteiger partial charge in [0.15, 0.2) is 5.78 Å². The highest BCUT2D eigenvalue weighted by atomic mass is 16.1. The molecule has 0 saturated heterocycles. The van der Waals surface area contributed by atoms with E-state index in [4.69, 9.17) is 5.73 Å². The number of carbonyl (C=O) groups is 1. The first-order valence-electron chi connectivity index (χ1n) is 4.03. The standard InChI is InChI=1S/C8H13N3O/c1-2-3-11-6-7(5-10-11)8(12)4-9/h5-6H,2-4,9H2,1H3. The minimum atomic E-state index is -0.0580. The third-order valence-electron chi connectivity index (χ3n) is 1.59. The zero-order valence-electron chi connectivity index (χ0n) is 7.16. The first-order chi connectivity index (χ1) is 5.77. The van der Waals surface area contributed by atoms with Gasteiger partial charge in [0.2, 0.25) is 0 Å². The summed E-state index contributed by atoms with van der Waals surface area (Å²) in [5.41, 5.74) is 5.80. The molecule has 1 aromatic rings. The summed E-state index contributed by atoms with van der Waals surface area (Å²) in [7, 11) is 0. The van der Waals surface area contributed by atoms with E-state index in [1.165, 1.54) is 0 Å². The van der Waals surface area contributed by atoms with E-state index in [2.05, 4.69) is 12.0 Å². The first-order valence-corrected chi connectivity index (χ1v) is 4.03. The molecule has 4 heteroatoms. The predicted octanol–water partition coefficient (Wildman–Crippen LogP) is 0.434. The SMILES string of the molecule is CCCn1cc(C(=O)CN)cn1. The van der Waals surface area contributed by atoms with E-state index in [0.717, 1.165) is 13.0 Å². The van der Waals surface area contributed by atoms with Gasteiger partial charge in [-0.15, -0.1) is 0 Å². The molecule has 0 aromatic carbocycles. The molecule has 0 bridgehead atoms. The van der Waals surface area contributed by atoms with Crippen molar-refractivity contribution in [1.82, 2.24) is 9.78 Å². The average molecular weight is 167 g/mol. The number of Topliss-reactive ketones (excluding diaryl/α,β-unsaturated/α-hetero) is 1. The van der Waals surface area contributed by atoms with Gasteiger partial charge in [0.25, 0.3) is 0 Å². The van der Waals surface area contributed by atoms with Crippen LogP contribution >= 0.6 is 0 Å². The van der Waals surface area contributed by atoms with Crippen LogP contribution in [0.3, 0.4) is 0 Å². The van der Waals surface area contributed by atoms with Crippen molar-refractivity contribution in [2.45, 2.75) is 19.9 Å². The lowest BCUT2D eigenvalue weighted by molar-refractivity contribution is 0.100. The Labute approximate surface area is 71.4 Å². The number of aromatic nitrogens is 2. The van der Waals surface area contributed by atoms with Crippen molar-refractivity contribution in [3.8, 4) is 0 Å². The Bertz CT molecular complexity index is 267. The Morgan fingerprint density at radius 1 is 1.75 bits per heavy atom. The largest absolute Gasteiger partial charge is 0.324 e. The summed E-state index contributed by atoms with van der Waals surface area (Å²) in [4.78, 5) is 11.1. The molecule has 0 radical (unpaired) electrons. The molecular formula is C8H13N3O. The number of hydrogen-bond acceptors (Lipinski definition) is 3. The van der Waals surface area contributed by atoms with Gasteiger partial charge in [0.05, 0.1) is 18.3 Å². The second-order valence-corrected chi connectivity index (χ2v) is 2.62. The van der Waals surface area contributed by atoms with E-state index >= 15 is 0 Å². The zero-order valence-corrected chi connectivity index (χ0v) is 7.16. The van der Waals surface area contributed by atoms with Crippen molar-refractivity contribution >= 4 is 5.78 Å². The average Bonchev–Trinajstić information content (AvgIpc) is 2.52. The maximum Gasteiger partial charge on any atom is 0.179 e. The Kier molecular flexibility index (Phi) is 2.99. The van der Waals surface area contributed by atoms with Crippen LogP contribution in [0.1, 0.15) is 23.7 Å². The van der Waals surface area contributed by atoms with Crippen LogP contribution < -0.4 is 5.73 Å². The van der Waals surface area contributed by atoms with Gasteiger partial charge in [-0.25, -0.2) is 0 Å². The van der Waals surface area contributed by atoms with Crippen molar-refractivity contribution < 1.29 is 4.79 Å². The third-order valence-corrected chi connectivity index (χ3v) is 1.59. The van der Waals surface area contributed by atoms with Crippen LogP contribution in [0.15, 0.2) is 12.4 Å². The lowest BCUT2D eigenvalue weighted by atomic mass is 10.2. The molecule has 0 fully saturated rings. The van der Waals surface area contributed by atoms with Gasteiger partial charge in [0.1, 0.15) is 0 Å². The van der Waals surface area contributed by atoms with Gasteiger partial charge in [-0.2, -0.15) is 5.10 Å². The minimum absolute atomic E-state index is 0.0534. The number of nitrogens with two attached hydrogens (primary N) is 1. The molecular weight excluding hydrogens is 154 g/mol. The highest BCUT2D eigenvalue weighted by Gasteiger charge is 2.05. The van der Waals surface area contributed by atoms with Gasteiger partial charge < -0.3 is 5.73 Å². The van der Waals surface area contributed by atoms with Crippen molar-refractivity contribution in [2.75, 3.05) is 6.54 Å². The molecule has 66 valence electrons. The van der Waals surface area contributed by atoms with Crippen LogP contribution in [0, 0.1) is 0 Å². The minimum Gasteiger partial charge on any atom is -0.324 e. The van der Waals surface area contributed by atoms with Crippen molar-refractivity contribution in [3.05, 3.63) is 18.0 Å². The van der Waals surface area contributed by atoms with Crippen LogP contribution in [-0.4, -0.2) is 22.1 Å². The molecule has 0 spiro atoms. The van der Waals surface area contributed by atoms with Crippen molar-refractivity contribution in [3.63, 3.8) is 0 Å². The molecule has 0 saturated carbocycles. The molecule has 1 rings (SSSR count). The van der Waals surface area contributed by atoms with Crippen molar-refractivity contribution in [1.29, 1.82) is 0 Å². The molecule has 0 aliphatic heterocycles. The maximum absolute atomic E-state index is 11.1. The lowest BCUT2D eigenvalue weighted by Crippen LogP contribution is -2.12. The number of hydrogen-bond donors (Lipinski definition) is 1.